The number of carboxylic acid groups (broad SMARTS) is 1. The lowest BCUT2D eigenvalue weighted by atomic mass is 10.3. The minimum absolute atomic E-state index is 0.0599. The fraction of sp³-hybridized carbons (Fsp3) is 0.300. The van der Waals surface area contributed by atoms with Crippen LogP contribution in [0.3, 0.4) is 0 Å². The molecule has 0 atom stereocenters. The number of carbonyl (C=O) groups is 3. The third-order valence-electron chi connectivity index (χ3n) is 1.82. The topological polar surface area (TPSA) is 95.5 Å². The highest BCUT2D eigenvalue weighted by Gasteiger charge is 2.07. The number of amides is 2. The summed E-state index contributed by atoms with van der Waals surface area (Å²) in [6, 6.07) is 3.45. The Morgan fingerprint density at radius 2 is 2.06 bits per heavy atom. The van der Waals surface area contributed by atoms with Crippen LogP contribution in [0.5, 0.6) is 0 Å². The lowest BCUT2D eigenvalue weighted by Gasteiger charge is -2.03. The maximum Gasteiger partial charge on any atom is 0.322 e. The molecular formula is C10H12N2O4S. The van der Waals surface area contributed by atoms with Gasteiger partial charge >= 0.3 is 5.97 Å². The first-order chi connectivity index (χ1) is 8.09. The Labute approximate surface area is 102 Å². The lowest BCUT2D eigenvalue weighted by molar-refractivity contribution is -0.137. The number of hydrogen-bond donors (Lipinski definition) is 3. The monoisotopic (exact) mass is 256 g/mol. The summed E-state index contributed by atoms with van der Waals surface area (Å²) in [5.74, 6) is -1.73. The minimum atomic E-state index is -1.10. The van der Waals surface area contributed by atoms with Gasteiger partial charge in [0.2, 0.25) is 5.91 Å². The second-order valence-corrected chi connectivity index (χ2v) is 4.10. The highest BCUT2D eigenvalue weighted by molar-refractivity contribution is 7.12. The molecule has 0 radical (unpaired) electrons. The van der Waals surface area contributed by atoms with Gasteiger partial charge in [0, 0.05) is 13.0 Å². The third kappa shape index (κ3) is 5.12. The van der Waals surface area contributed by atoms with E-state index in [0.29, 0.717) is 4.88 Å². The Bertz CT molecular complexity index is 402. The first-order valence-corrected chi connectivity index (χ1v) is 5.78. The number of rotatable bonds is 6. The van der Waals surface area contributed by atoms with E-state index in [-0.39, 0.29) is 18.9 Å². The molecule has 1 heterocycles. The van der Waals surface area contributed by atoms with Crippen LogP contribution in [0.2, 0.25) is 0 Å². The lowest BCUT2D eigenvalue weighted by Crippen LogP contribution is -2.33. The van der Waals surface area contributed by atoms with Crippen molar-refractivity contribution in [3.8, 4) is 0 Å². The second-order valence-electron chi connectivity index (χ2n) is 3.15. The average molecular weight is 256 g/mol. The molecule has 0 bridgehead atoms. The normalized spacial score (nSPS) is 9.65. The standard InChI is InChI=1S/C10H12N2O4S/c13-8(12-6-9(14)15)3-4-11-10(16)7-2-1-5-17-7/h1-2,5H,3-4,6H2,(H,11,16)(H,12,13)(H,14,15). The molecule has 0 unspecified atom stereocenters. The van der Waals surface area contributed by atoms with E-state index < -0.39 is 18.4 Å². The van der Waals surface area contributed by atoms with E-state index in [0.717, 1.165) is 0 Å². The highest BCUT2D eigenvalue weighted by Crippen LogP contribution is 2.07. The van der Waals surface area contributed by atoms with Gasteiger partial charge in [0.05, 0.1) is 4.88 Å². The molecule has 1 rings (SSSR count). The van der Waals surface area contributed by atoms with Gasteiger partial charge in [-0.25, -0.2) is 0 Å². The molecule has 1 aromatic heterocycles. The van der Waals surface area contributed by atoms with Gasteiger partial charge in [-0.1, -0.05) is 6.07 Å². The van der Waals surface area contributed by atoms with Crippen LogP contribution in [0, 0.1) is 0 Å². The summed E-state index contributed by atoms with van der Waals surface area (Å²) in [4.78, 5) is 33.3. The van der Waals surface area contributed by atoms with Gasteiger partial charge in [-0.15, -0.1) is 11.3 Å². The van der Waals surface area contributed by atoms with Crippen LogP contribution >= 0.6 is 11.3 Å². The van der Waals surface area contributed by atoms with E-state index in [1.807, 2.05) is 0 Å². The second kappa shape index (κ2) is 6.64. The first kappa shape index (κ1) is 13.2. The number of carboxylic acids is 1. The largest absolute Gasteiger partial charge is 0.480 e. The maximum atomic E-state index is 11.4. The molecule has 0 saturated heterocycles. The van der Waals surface area contributed by atoms with Crippen LogP contribution < -0.4 is 10.6 Å². The number of carbonyl (C=O) groups excluding carboxylic acids is 2. The zero-order valence-corrected chi connectivity index (χ0v) is 9.75. The van der Waals surface area contributed by atoms with Crippen molar-refractivity contribution in [2.24, 2.45) is 0 Å². The van der Waals surface area contributed by atoms with E-state index in [1.165, 1.54) is 11.3 Å². The van der Waals surface area contributed by atoms with Gasteiger partial charge in [0.1, 0.15) is 6.54 Å². The quantitative estimate of drug-likeness (QED) is 0.671. The number of hydrogen-bond acceptors (Lipinski definition) is 4. The van der Waals surface area contributed by atoms with Crippen molar-refractivity contribution >= 4 is 29.1 Å². The molecular weight excluding hydrogens is 244 g/mol. The van der Waals surface area contributed by atoms with Gasteiger partial charge in [-0.05, 0) is 11.4 Å². The van der Waals surface area contributed by atoms with Crippen LogP contribution in [-0.4, -0.2) is 36.0 Å². The summed E-state index contributed by atoms with van der Waals surface area (Å²) >= 11 is 1.31. The summed E-state index contributed by atoms with van der Waals surface area (Å²) < 4.78 is 0. The van der Waals surface area contributed by atoms with Crippen LogP contribution in [0.15, 0.2) is 17.5 Å². The van der Waals surface area contributed by atoms with Crippen LogP contribution in [0.25, 0.3) is 0 Å². The Kier molecular flexibility index (Phi) is 5.15. The van der Waals surface area contributed by atoms with E-state index in [9.17, 15) is 14.4 Å². The zero-order chi connectivity index (χ0) is 12.7. The predicted molar refractivity (Wildman–Crippen MR) is 61.9 cm³/mol. The maximum absolute atomic E-state index is 11.4. The smallest absolute Gasteiger partial charge is 0.322 e. The molecule has 0 aliphatic heterocycles. The summed E-state index contributed by atoms with van der Waals surface area (Å²) in [7, 11) is 0. The molecule has 0 fully saturated rings. The van der Waals surface area contributed by atoms with Crippen molar-refractivity contribution in [1.29, 1.82) is 0 Å². The van der Waals surface area contributed by atoms with Crippen molar-refractivity contribution in [1.82, 2.24) is 10.6 Å². The fourth-order valence-corrected chi connectivity index (χ4v) is 1.69. The van der Waals surface area contributed by atoms with Gasteiger partial charge in [-0.3, -0.25) is 14.4 Å². The molecule has 92 valence electrons. The summed E-state index contributed by atoms with van der Waals surface area (Å²) in [5, 5.41) is 14.9. The molecule has 6 nitrogen and oxygen atoms in total. The highest BCUT2D eigenvalue weighted by atomic mass is 32.1. The Balaban J connectivity index is 2.17. The average Bonchev–Trinajstić information content (AvgIpc) is 2.79. The molecule has 17 heavy (non-hydrogen) atoms. The van der Waals surface area contributed by atoms with E-state index in [1.54, 1.807) is 17.5 Å². The van der Waals surface area contributed by atoms with Crippen molar-refractivity contribution < 1.29 is 19.5 Å². The molecule has 0 aliphatic carbocycles. The fourth-order valence-electron chi connectivity index (χ4n) is 1.05. The SMILES string of the molecule is O=C(O)CNC(=O)CCNC(=O)c1cccs1. The van der Waals surface area contributed by atoms with Crippen LogP contribution in [-0.2, 0) is 9.59 Å². The third-order valence-corrected chi connectivity index (χ3v) is 2.69. The Morgan fingerprint density at radius 3 is 2.65 bits per heavy atom. The van der Waals surface area contributed by atoms with Crippen molar-refractivity contribution in [2.45, 2.75) is 6.42 Å². The molecule has 0 aliphatic rings. The Hall–Kier alpha value is -1.89. The van der Waals surface area contributed by atoms with E-state index in [2.05, 4.69) is 10.6 Å². The van der Waals surface area contributed by atoms with Crippen molar-refractivity contribution in [2.75, 3.05) is 13.1 Å². The van der Waals surface area contributed by atoms with Crippen LogP contribution in [0.1, 0.15) is 16.1 Å². The van der Waals surface area contributed by atoms with Gasteiger partial charge in [0.25, 0.3) is 5.91 Å². The molecule has 0 saturated carbocycles. The molecule has 1 aromatic rings. The van der Waals surface area contributed by atoms with Crippen molar-refractivity contribution in [3.05, 3.63) is 22.4 Å². The molecule has 0 spiro atoms. The molecule has 0 aromatic carbocycles. The minimum Gasteiger partial charge on any atom is -0.480 e. The van der Waals surface area contributed by atoms with Crippen molar-refractivity contribution in [3.63, 3.8) is 0 Å². The molecule has 3 N–H and O–H groups in total. The molecule has 7 heteroatoms. The van der Waals surface area contributed by atoms with Crippen LogP contribution in [0.4, 0.5) is 0 Å². The zero-order valence-electron chi connectivity index (χ0n) is 8.93. The number of nitrogens with one attached hydrogen (secondary N) is 2. The Morgan fingerprint density at radius 1 is 1.29 bits per heavy atom. The van der Waals surface area contributed by atoms with E-state index >= 15 is 0 Å². The molecule has 2 amide bonds. The van der Waals surface area contributed by atoms with E-state index in [4.69, 9.17) is 5.11 Å². The van der Waals surface area contributed by atoms with Gasteiger partial charge < -0.3 is 15.7 Å². The first-order valence-electron chi connectivity index (χ1n) is 4.90. The van der Waals surface area contributed by atoms with Gasteiger partial charge in [-0.2, -0.15) is 0 Å². The number of thiophene rings is 1. The number of aliphatic carboxylic acids is 1. The summed E-state index contributed by atoms with van der Waals surface area (Å²) in [6.45, 7) is -0.222. The van der Waals surface area contributed by atoms with Gasteiger partial charge in [0.15, 0.2) is 0 Å². The summed E-state index contributed by atoms with van der Waals surface area (Å²) in [5.41, 5.74) is 0. The predicted octanol–water partition coefficient (Wildman–Crippen LogP) is 0.0688. The summed E-state index contributed by atoms with van der Waals surface area (Å²) in [6.07, 6.45) is 0.0599.